The number of hydrogen-bond acceptors (Lipinski definition) is 4. The van der Waals surface area contributed by atoms with Crippen molar-refractivity contribution in [3.8, 4) is 16.9 Å². The average molecular weight is 556 g/mol. The van der Waals surface area contributed by atoms with E-state index in [1.807, 2.05) is 0 Å². The zero-order valence-electron chi connectivity index (χ0n) is 19.7. The van der Waals surface area contributed by atoms with E-state index in [0.717, 1.165) is 30.0 Å². The second kappa shape index (κ2) is 9.55. The van der Waals surface area contributed by atoms with Gasteiger partial charge in [0.05, 0.1) is 11.3 Å². The number of benzene rings is 3. The quantitative estimate of drug-likeness (QED) is 0.383. The molecule has 0 saturated carbocycles. The van der Waals surface area contributed by atoms with Crippen LogP contribution in [0.5, 0.6) is 5.75 Å². The summed E-state index contributed by atoms with van der Waals surface area (Å²) in [6, 6.07) is 8.35. The molecule has 0 aliphatic carbocycles. The lowest BCUT2D eigenvalue weighted by Gasteiger charge is -2.40. The highest BCUT2D eigenvalue weighted by molar-refractivity contribution is 6.31. The number of likely N-dealkylation sites (N-methyl/N-ethyl adjacent to an activating group) is 1. The minimum Gasteiger partial charge on any atom is -0.481 e. The Morgan fingerprint density at radius 1 is 1.08 bits per heavy atom. The van der Waals surface area contributed by atoms with Gasteiger partial charge in [-0.2, -0.15) is 13.2 Å². The molecule has 2 N–H and O–H groups in total. The van der Waals surface area contributed by atoms with Crippen LogP contribution in [0, 0.1) is 11.6 Å². The third-order valence-corrected chi connectivity index (χ3v) is 6.90. The number of carboxylic acids is 1. The minimum atomic E-state index is -5.37. The number of carboxylic acid groups (broad SMARTS) is 1. The maximum atomic E-state index is 14.6. The summed E-state index contributed by atoms with van der Waals surface area (Å²) >= 11 is 6.34. The monoisotopic (exact) mass is 555 g/mol. The number of anilines is 1. The second-order valence-electron chi connectivity index (χ2n) is 8.76. The maximum absolute atomic E-state index is 14.6. The maximum Gasteiger partial charge on any atom is 0.422 e. The van der Waals surface area contributed by atoms with Crippen LogP contribution in [0.4, 0.5) is 27.6 Å². The highest BCUT2D eigenvalue weighted by Gasteiger charge is 2.60. The van der Waals surface area contributed by atoms with E-state index in [-0.39, 0.29) is 27.5 Å². The smallest absolute Gasteiger partial charge is 0.422 e. The van der Waals surface area contributed by atoms with Crippen molar-refractivity contribution in [1.29, 1.82) is 0 Å². The number of hydrogen-bond donors (Lipinski definition) is 2. The lowest BCUT2D eigenvalue weighted by atomic mass is 9.76. The summed E-state index contributed by atoms with van der Waals surface area (Å²) < 4.78 is 77.6. The van der Waals surface area contributed by atoms with Crippen molar-refractivity contribution in [2.24, 2.45) is 0 Å². The average Bonchev–Trinajstić information content (AvgIpc) is 2.83. The van der Waals surface area contributed by atoms with Crippen molar-refractivity contribution in [3.63, 3.8) is 0 Å². The number of rotatable bonds is 5. The summed E-state index contributed by atoms with van der Waals surface area (Å²) in [5, 5.41) is 20.1. The molecule has 0 fully saturated rings. The first kappa shape index (κ1) is 27.3. The van der Waals surface area contributed by atoms with Gasteiger partial charge in [-0.15, -0.1) is 0 Å². The van der Waals surface area contributed by atoms with Gasteiger partial charge in [-0.25, -0.2) is 13.6 Å². The van der Waals surface area contributed by atoms with Gasteiger partial charge in [0.15, 0.2) is 12.2 Å². The molecular weight excluding hydrogens is 537 g/mol. The first-order valence-electron chi connectivity index (χ1n) is 11.0. The van der Waals surface area contributed by atoms with E-state index in [0.29, 0.717) is 6.07 Å². The second-order valence-corrected chi connectivity index (χ2v) is 9.17. The largest absolute Gasteiger partial charge is 0.481 e. The Balaban J connectivity index is 1.84. The Bertz CT molecular complexity index is 1460. The molecule has 3 aromatic carbocycles. The first-order valence-corrected chi connectivity index (χ1v) is 11.4. The lowest BCUT2D eigenvalue weighted by molar-refractivity contribution is -0.274. The number of alkyl halides is 3. The van der Waals surface area contributed by atoms with Crippen molar-refractivity contribution in [1.82, 2.24) is 0 Å². The zero-order valence-corrected chi connectivity index (χ0v) is 20.5. The number of aliphatic hydroxyl groups is 1. The van der Waals surface area contributed by atoms with Crippen LogP contribution in [0.2, 0.25) is 5.02 Å². The molecular formula is C26H19ClF5NO5. The van der Waals surface area contributed by atoms with E-state index >= 15 is 0 Å². The van der Waals surface area contributed by atoms with Crippen LogP contribution < -0.4 is 9.64 Å². The molecule has 1 heterocycles. The van der Waals surface area contributed by atoms with Crippen LogP contribution >= 0.6 is 11.6 Å². The van der Waals surface area contributed by atoms with E-state index in [9.17, 15) is 36.6 Å². The van der Waals surface area contributed by atoms with Crippen molar-refractivity contribution in [3.05, 3.63) is 81.9 Å². The number of carbonyl (C=O) groups excluding carboxylic acids is 1. The summed E-state index contributed by atoms with van der Waals surface area (Å²) in [6.45, 7) is 0.520. The first-order chi connectivity index (χ1) is 17.7. The van der Waals surface area contributed by atoms with Gasteiger partial charge in [-0.1, -0.05) is 36.7 Å². The van der Waals surface area contributed by atoms with Crippen molar-refractivity contribution < 1.29 is 46.5 Å². The Kier molecular flexibility index (Phi) is 6.87. The van der Waals surface area contributed by atoms with Gasteiger partial charge >= 0.3 is 12.1 Å². The molecule has 12 heteroatoms. The third kappa shape index (κ3) is 4.45. The van der Waals surface area contributed by atoms with Crippen LogP contribution in [0.1, 0.15) is 34.3 Å². The minimum absolute atomic E-state index is 0.179. The van der Waals surface area contributed by atoms with E-state index in [1.165, 1.54) is 31.3 Å². The molecule has 3 aromatic rings. The van der Waals surface area contributed by atoms with Crippen LogP contribution in [0.25, 0.3) is 11.1 Å². The van der Waals surface area contributed by atoms with E-state index in [1.54, 1.807) is 0 Å². The van der Waals surface area contributed by atoms with Crippen LogP contribution in [0.3, 0.4) is 0 Å². The Morgan fingerprint density at radius 3 is 2.29 bits per heavy atom. The molecule has 4 rings (SSSR count). The molecule has 6 nitrogen and oxygen atoms in total. The normalized spacial score (nSPS) is 15.9. The van der Waals surface area contributed by atoms with Crippen LogP contribution in [-0.4, -0.2) is 41.9 Å². The van der Waals surface area contributed by atoms with E-state index in [2.05, 4.69) is 0 Å². The summed E-state index contributed by atoms with van der Waals surface area (Å²) in [5.74, 6) is -6.49. The van der Waals surface area contributed by atoms with Crippen molar-refractivity contribution >= 4 is 29.2 Å². The van der Waals surface area contributed by atoms with Gasteiger partial charge in [0, 0.05) is 29.6 Å². The van der Waals surface area contributed by atoms with Gasteiger partial charge in [-0.3, -0.25) is 4.79 Å². The third-order valence-electron chi connectivity index (χ3n) is 6.57. The number of aromatic carboxylic acids is 1. The molecule has 2 atom stereocenters. The number of carbonyl (C=O) groups is 2. The molecule has 0 radical (unpaired) electrons. The predicted molar refractivity (Wildman–Crippen MR) is 127 cm³/mol. The van der Waals surface area contributed by atoms with Gasteiger partial charge in [0.2, 0.25) is 0 Å². The number of nitrogens with zero attached hydrogens (tertiary/aromatic N) is 1. The predicted octanol–water partition coefficient (Wildman–Crippen LogP) is 5.89. The van der Waals surface area contributed by atoms with Gasteiger partial charge in [0.25, 0.3) is 5.91 Å². The fourth-order valence-electron chi connectivity index (χ4n) is 4.46. The molecule has 38 heavy (non-hydrogen) atoms. The zero-order chi connectivity index (χ0) is 28.2. The van der Waals surface area contributed by atoms with Gasteiger partial charge < -0.3 is 19.8 Å². The molecule has 1 aliphatic heterocycles. The molecule has 2 unspecified atom stereocenters. The van der Waals surface area contributed by atoms with Gasteiger partial charge in [0.1, 0.15) is 17.4 Å². The number of halogens is 6. The van der Waals surface area contributed by atoms with Crippen LogP contribution in [0.15, 0.2) is 48.5 Å². The standard InChI is InChI=1S/C26H19ClF5NO5/c1-12(16-5-3-13(7-19(16)27)14-4-6-17(24(35)36)20(29)8-14)25(37,26(30,31)32)18-9-15(28)10-21-23(18)33(2)22(34)11-38-21/h3-10,12,37H,11H2,1-2H3,(H,35,36). The molecule has 0 spiro atoms. The summed E-state index contributed by atoms with van der Waals surface area (Å²) in [4.78, 5) is 24.1. The van der Waals surface area contributed by atoms with E-state index in [4.69, 9.17) is 21.4 Å². The number of amides is 1. The highest BCUT2D eigenvalue weighted by atomic mass is 35.5. The lowest BCUT2D eigenvalue weighted by Crippen LogP contribution is -2.48. The van der Waals surface area contributed by atoms with Crippen molar-refractivity contribution in [2.75, 3.05) is 18.6 Å². The molecule has 0 bridgehead atoms. The van der Waals surface area contributed by atoms with Crippen LogP contribution in [-0.2, 0) is 10.4 Å². The van der Waals surface area contributed by atoms with E-state index < -0.39 is 64.6 Å². The number of ether oxygens (including phenoxy) is 1. The Hall–Kier alpha value is -3.70. The fraction of sp³-hybridized carbons (Fsp3) is 0.231. The van der Waals surface area contributed by atoms with Gasteiger partial charge in [-0.05, 0) is 41.0 Å². The Morgan fingerprint density at radius 2 is 1.71 bits per heavy atom. The Labute approximate surface area is 217 Å². The van der Waals surface area contributed by atoms with Crippen molar-refractivity contribution in [2.45, 2.75) is 24.6 Å². The summed E-state index contributed by atoms with van der Waals surface area (Å²) in [6.07, 6.45) is -5.37. The highest BCUT2D eigenvalue weighted by Crippen LogP contribution is 2.54. The molecule has 200 valence electrons. The number of fused-ring (bicyclic) bond motifs is 1. The summed E-state index contributed by atoms with van der Waals surface area (Å²) in [7, 11) is 1.18. The molecule has 0 aromatic heterocycles. The molecule has 1 amide bonds. The molecule has 1 aliphatic rings. The summed E-state index contributed by atoms with van der Waals surface area (Å²) in [5.41, 5.74) is -5.37. The fourth-order valence-corrected chi connectivity index (χ4v) is 4.81. The molecule has 0 saturated heterocycles. The SMILES string of the molecule is CC(c1ccc(-c2ccc(C(=O)O)c(F)c2)cc1Cl)C(O)(c1cc(F)cc2c1N(C)C(=O)CO2)C(F)(F)F. The topological polar surface area (TPSA) is 87.1 Å².